The largest absolute Gasteiger partial charge is 0.457 e. The van der Waals surface area contributed by atoms with Gasteiger partial charge in [0.15, 0.2) is 8.07 Å². The minimum absolute atomic E-state index is 0.0937. The molecule has 0 radical (unpaired) electrons. The van der Waals surface area contributed by atoms with Crippen molar-refractivity contribution in [2.45, 2.75) is 151 Å². The third-order valence-electron chi connectivity index (χ3n) is 18.8. The van der Waals surface area contributed by atoms with Crippen LogP contribution in [0.2, 0.25) is 0 Å². The molecule has 13 rings (SSSR count). The smallest absolute Gasteiger partial charge is 0.185 e. The highest BCUT2D eigenvalue weighted by Gasteiger charge is 2.55. The molecule has 0 amide bonds. The van der Waals surface area contributed by atoms with E-state index < -0.39 is 14.1 Å². The van der Waals surface area contributed by atoms with E-state index >= 15 is 0 Å². The van der Waals surface area contributed by atoms with E-state index in [0.717, 1.165) is 56.6 Å². The van der Waals surface area contributed by atoms with E-state index in [9.17, 15) is 2.74 Å². The Kier molecular flexibility index (Phi) is 12.9. The molecule has 3 aliphatic rings. The molecule has 89 heavy (non-hydrogen) atoms. The van der Waals surface area contributed by atoms with Crippen LogP contribution < -0.4 is 40.2 Å². The number of benzene rings is 9. The van der Waals surface area contributed by atoms with Crippen LogP contribution in [0.3, 0.4) is 0 Å². The Hall–Kier alpha value is -8.45. The molecule has 6 heteroatoms. The van der Waals surface area contributed by atoms with Crippen molar-refractivity contribution in [3.8, 4) is 44.9 Å². The average molecular weight is 1190 g/mol. The van der Waals surface area contributed by atoms with Crippen LogP contribution in [0.15, 0.2) is 206 Å². The summed E-state index contributed by atoms with van der Waals surface area (Å²) in [6.45, 7) is 38.9. The Balaban J connectivity index is 1.00. The molecule has 0 atom stereocenters. The predicted octanol–water partition coefficient (Wildman–Crippen LogP) is 20.2. The maximum atomic E-state index is 9.45. The van der Waals surface area contributed by atoms with Gasteiger partial charge >= 0.3 is 0 Å². The summed E-state index contributed by atoms with van der Waals surface area (Å²) in [5, 5.41) is 5.43. The molecule has 0 aliphatic carbocycles. The van der Waals surface area contributed by atoms with Crippen LogP contribution in [0.4, 0.5) is 39.9 Å². The van der Waals surface area contributed by atoms with E-state index in [1.165, 1.54) is 59.7 Å². The Morgan fingerprint density at radius 3 is 1.55 bits per heavy atom. The molecule has 0 unspecified atom stereocenters. The molecule has 0 saturated carbocycles. The fraction of sp³-hybridized carbons (Fsp3) is 0.289. The summed E-state index contributed by atoms with van der Waals surface area (Å²) in [5.74, 6) is 2.36. The molecule has 9 aromatic carbocycles. The number of anilines is 7. The highest BCUT2D eigenvalue weighted by molar-refractivity contribution is 7.23. The lowest BCUT2D eigenvalue weighted by atomic mass is 9.78. The summed E-state index contributed by atoms with van der Waals surface area (Å²) < 4.78 is 52.9. The zero-order chi connectivity index (χ0) is 67.3. The monoisotopic (exact) mass is 1190 g/mol. The second kappa shape index (κ2) is 21.4. The quantitative estimate of drug-likeness (QED) is 0.142. The number of pyridine rings is 1. The molecule has 1 aromatic heterocycles. The maximum absolute atomic E-state index is 9.45. The lowest BCUT2D eigenvalue weighted by Crippen LogP contribution is -2.75. The topological polar surface area (TPSA) is 31.8 Å². The molecule has 1 spiro atoms. The van der Waals surface area contributed by atoms with Crippen LogP contribution in [0.1, 0.15) is 164 Å². The number of rotatable bonds is 8. The van der Waals surface area contributed by atoms with Gasteiger partial charge in [0.1, 0.15) is 24.0 Å². The van der Waals surface area contributed by atoms with Gasteiger partial charge < -0.3 is 14.5 Å². The summed E-state index contributed by atoms with van der Waals surface area (Å²) in [6.07, 6.45) is 1.96. The van der Waals surface area contributed by atoms with Gasteiger partial charge in [0.05, 0.1) is 29.6 Å². The van der Waals surface area contributed by atoms with Crippen LogP contribution in [0.5, 0.6) is 11.5 Å². The summed E-state index contributed by atoms with van der Waals surface area (Å²) >= 11 is 0. The highest BCUT2D eigenvalue weighted by Crippen LogP contribution is 2.52. The van der Waals surface area contributed by atoms with Gasteiger partial charge in [-0.15, -0.1) is 0 Å². The molecule has 3 aliphatic heterocycles. The van der Waals surface area contributed by atoms with Gasteiger partial charge in [-0.05, 0) is 158 Å². The SMILES string of the molecule is [2H]c1c([2H])c([2H])c(-c2cccc(-c3cc(C(C)(C)C)cc(C(C)(C)C)c3)c2N2CN(c3cc(Oc4ccc5c(c4)N(c4cc(C(C)(C)C)ccn4)c4ccccc4[Si]54c5cc(C(C)(C)C)ccc5-c5ccc(C(C)(C)C)cc54)cc(C(C)C)c3)c3ccccc32)c([2H])c1[2H]. The minimum Gasteiger partial charge on any atom is -0.457 e. The van der Waals surface area contributed by atoms with Crippen LogP contribution in [-0.4, -0.2) is 19.7 Å². The number of hydrogen-bond donors (Lipinski definition) is 0. The molecule has 0 bridgehead atoms. The van der Waals surface area contributed by atoms with Crippen molar-refractivity contribution in [1.29, 1.82) is 0 Å². The maximum Gasteiger partial charge on any atom is 0.185 e. The molecule has 10 aromatic rings. The zero-order valence-corrected chi connectivity index (χ0v) is 56.2. The van der Waals surface area contributed by atoms with E-state index in [1.54, 1.807) is 0 Å². The number of fused-ring (bicyclic) bond motifs is 10. The van der Waals surface area contributed by atoms with Gasteiger partial charge in [-0.1, -0.05) is 257 Å². The highest BCUT2D eigenvalue weighted by atomic mass is 28.3. The fourth-order valence-corrected chi connectivity index (χ4v) is 19.2. The minimum atomic E-state index is -3.15. The summed E-state index contributed by atoms with van der Waals surface area (Å²) in [7, 11) is -3.15. The molecule has 0 fully saturated rings. The van der Waals surface area contributed by atoms with Gasteiger partial charge in [-0.25, -0.2) is 4.98 Å². The lowest BCUT2D eigenvalue weighted by Gasteiger charge is -2.44. The molecule has 4 heterocycles. The van der Waals surface area contributed by atoms with Crippen molar-refractivity contribution >= 4 is 68.8 Å². The van der Waals surface area contributed by atoms with E-state index in [4.69, 9.17) is 13.8 Å². The first-order chi connectivity index (χ1) is 44.2. The number of ether oxygens (including phenoxy) is 1. The second-order valence-electron chi connectivity index (χ2n) is 30.5. The molecule has 0 saturated heterocycles. The number of aromatic nitrogens is 1. The van der Waals surface area contributed by atoms with Crippen molar-refractivity contribution < 1.29 is 11.6 Å². The Morgan fingerprint density at radius 2 is 0.966 bits per heavy atom. The summed E-state index contributed by atoms with van der Waals surface area (Å²) in [5.41, 5.74) is 17.5. The van der Waals surface area contributed by atoms with Gasteiger partial charge in [0.25, 0.3) is 0 Å². The Bertz CT molecular complexity index is 4600. The van der Waals surface area contributed by atoms with Gasteiger partial charge in [0, 0.05) is 40.8 Å². The van der Waals surface area contributed by atoms with E-state index in [1.807, 2.05) is 18.3 Å². The average Bonchev–Trinajstić information content (AvgIpc) is 1.27. The van der Waals surface area contributed by atoms with E-state index in [0.29, 0.717) is 23.7 Å². The molecule has 0 N–H and O–H groups in total. The Morgan fingerprint density at radius 1 is 0.427 bits per heavy atom. The van der Waals surface area contributed by atoms with Crippen LogP contribution in [0.25, 0.3) is 33.4 Å². The van der Waals surface area contributed by atoms with E-state index in [2.05, 4.69) is 290 Å². The molecule has 450 valence electrons. The third kappa shape index (κ3) is 10.4. The molecular weight excluding hydrogens is 1100 g/mol. The molecular formula is C83H88N4OSi. The Labute approximate surface area is 539 Å². The van der Waals surface area contributed by atoms with Crippen molar-refractivity contribution in [3.63, 3.8) is 0 Å². The second-order valence-corrected chi connectivity index (χ2v) is 34.1. The standard InChI is InChI=1S/C83H88N4OSi/c1-53(2)55-44-62(85-52-86(70-31-22-21-30-69(70)85)78-65(54-26-19-18-20-27-54)28-25-29-66(78)56-42-60(82(12,13)14)46-61(43-56)83(15,16)17)50-64(45-55)88-63-36-39-74-72(51-63)87(77-49-59(40-41-84-77)81(9,10)11)71-32-23-24-33-73(71)89(74)75-47-57(79(3,4)5)34-37-67(75)68-38-35-58(48-76(68)89)80(6,7)8/h18-51,53H,52H2,1-17H3/i18D,19D,20D,26D,27D. The van der Waals surface area contributed by atoms with Crippen LogP contribution >= 0.6 is 0 Å². The van der Waals surface area contributed by atoms with Crippen molar-refractivity contribution in [1.82, 2.24) is 4.98 Å². The fourth-order valence-electron chi connectivity index (χ4n) is 13.6. The third-order valence-corrected chi connectivity index (χ3v) is 23.7. The number of para-hydroxylation sites is 4. The van der Waals surface area contributed by atoms with Crippen LogP contribution in [-0.2, 0) is 27.1 Å². The van der Waals surface area contributed by atoms with Crippen molar-refractivity contribution in [3.05, 3.63) is 240 Å². The normalized spacial score (nSPS) is 15.2. The lowest BCUT2D eigenvalue weighted by molar-refractivity contribution is 0.482. The van der Waals surface area contributed by atoms with Crippen LogP contribution in [0, 0.1) is 0 Å². The zero-order valence-electron chi connectivity index (χ0n) is 60.2. The molecule has 5 nitrogen and oxygen atoms in total. The number of hydrogen-bond acceptors (Lipinski definition) is 5. The van der Waals surface area contributed by atoms with Gasteiger partial charge in [0.2, 0.25) is 0 Å². The first-order valence-corrected chi connectivity index (χ1v) is 33.8. The number of nitrogens with zero attached hydrogens (tertiary/aromatic N) is 4. The first-order valence-electron chi connectivity index (χ1n) is 34.3. The summed E-state index contributed by atoms with van der Waals surface area (Å²) in [6, 6.07) is 61.2. The van der Waals surface area contributed by atoms with Crippen molar-refractivity contribution in [2.24, 2.45) is 0 Å². The van der Waals surface area contributed by atoms with Gasteiger partial charge in [-0.2, -0.15) is 0 Å². The van der Waals surface area contributed by atoms with E-state index in [-0.39, 0.29) is 62.7 Å². The predicted molar refractivity (Wildman–Crippen MR) is 382 cm³/mol. The van der Waals surface area contributed by atoms with Crippen molar-refractivity contribution in [2.75, 3.05) is 21.4 Å². The summed E-state index contributed by atoms with van der Waals surface area (Å²) in [4.78, 5) is 12.3. The van der Waals surface area contributed by atoms with Gasteiger partial charge in [-0.3, -0.25) is 4.90 Å². The first kappa shape index (κ1) is 53.6.